The molecule has 7 nitrogen and oxygen atoms in total. The number of nitrogens with one attached hydrogen (secondary N) is 2. The van der Waals surface area contributed by atoms with E-state index in [0.29, 0.717) is 28.9 Å². The van der Waals surface area contributed by atoms with Crippen molar-refractivity contribution in [2.75, 3.05) is 10.6 Å². The van der Waals surface area contributed by atoms with E-state index in [9.17, 15) is 4.79 Å². The van der Waals surface area contributed by atoms with Crippen LogP contribution in [0.3, 0.4) is 0 Å². The summed E-state index contributed by atoms with van der Waals surface area (Å²) in [6.07, 6.45) is 3.89. The van der Waals surface area contributed by atoms with Crippen molar-refractivity contribution in [1.82, 2.24) is 19.9 Å². The molecule has 0 spiro atoms. The zero-order valence-electron chi connectivity index (χ0n) is 17.2. The molecule has 150 valence electrons. The third kappa shape index (κ3) is 5.34. The predicted molar refractivity (Wildman–Crippen MR) is 115 cm³/mol. The second-order valence-electron chi connectivity index (χ2n) is 7.06. The monoisotopic (exact) mass is 390 g/mol. The van der Waals surface area contributed by atoms with Gasteiger partial charge in [-0.25, -0.2) is 4.98 Å². The highest BCUT2D eigenvalue weighted by Gasteiger charge is 2.14. The van der Waals surface area contributed by atoms with E-state index in [0.717, 1.165) is 24.1 Å². The molecule has 29 heavy (non-hydrogen) atoms. The van der Waals surface area contributed by atoms with Crippen LogP contribution in [0.5, 0.6) is 0 Å². The fraction of sp³-hybridized carbons (Fsp3) is 0.318. The first-order valence-electron chi connectivity index (χ1n) is 9.79. The van der Waals surface area contributed by atoms with Crippen LogP contribution < -0.4 is 10.6 Å². The van der Waals surface area contributed by atoms with E-state index in [1.54, 1.807) is 13.1 Å². The molecule has 1 atom stereocenters. The summed E-state index contributed by atoms with van der Waals surface area (Å²) in [6, 6.07) is 11.6. The quantitative estimate of drug-likeness (QED) is 0.621. The fourth-order valence-electron chi connectivity index (χ4n) is 3.11. The topological polar surface area (TPSA) is 92.7 Å². The molecule has 0 saturated carbocycles. The number of rotatable bonds is 7. The lowest BCUT2D eigenvalue weighted by molar-refractivity contribution is 0.102. The van der Waals surface area contributed by atoms with E-state index >= 15 is 0 Å². The highest BCUT2D eigenvalue weighted by molar-refractivity contribution is 6.04. The minimum Gasteiger partial charge on any atom is -0.383 e. The van der Waals surface area contributed by atoms with Crippen LogP contribution in [0.25, 0.3) is 11.5 Å². The number of amides is 1. The van der Waals surface area contributed by atoms with Gasteiger partial charge in [-0.2, -0.15) is 9.97 Å². The normalized spacial score (nSPS) is 11.7. The first-order chi connectivity index (χ1) is 14.0. The molecule has 1 unspecified atom stereocenters. The van der Waals surface area contributed by atoms with Crippen molar-refractivity contribution >= 4 is 17.5 Å². The van der Waals surface area contributed by atoms with Gasteiger partial charge in [-0.05, 0) is 63.1 Å². The molecule has 0 aliphatic heterocycles. The summed E-state index contributed by atoms with van der Waals surface area (Å²) in [7, 11) is 0. The maximum Gasteiger partial charge on any atom is 0.258 e. The number of carbonyl (C=O) groups is 1. The van der Waals surface area contributed by atoms with E-state index < -0.39 is 0 Å². The lowest BCUT2D eigenvalue weighted by Crippen LogP contribution is -2.18. The summed E-state index contributed by atoms with van der Waals surface area (Å²) in [6.45, 7) is 8.00. The molecule has 0 fully saturated rings. The Morgan fingerprint density at radius 3 is 2.62 bits per heavy atom. The minimum absolute atomic E-state index is 0.210. The third-order valence-electron chi connectivity index (χ3n) is 4.47. The molecule has 1 amide bonds. The Labute approximate surface area is 171 Å². The second-order valence-corrected chi connectivity index (χ2v) is 7.06. The van der Waals surface area contributed by atoms with Gasteiger partial charge in [-0.3, -0.25) is 15.1 Å². The third-order valence-corrected chi connectivity index (χ3v) is 4.47. The summed E-state index contributed by atoms with van der Waals surface area (Å²) < 4.78 is 0. The summed E-state index contributed by atoms with van der Waals surface area (Å²) in [5, 5.41) is 6.24. The van der Waals surface area contributed by atoms with Crippen LogP contribution in [-0.4, -0.2) is 31.9 Å². The Morgan fingerprint density at radius 2 is 1.93 bits per heavy atom. The zero-order chi connectivity index (χ0) is 20.8. The Kier molecular flexibility index (Phi) is 6.49. The first-order valence-corrected chi connectivity index (χ1v) is 9.79. The van der Waals surface area contributed by atoms with Crippen LogP contribution in [0.4, 0.5) is 11.6 Å². The molecule has 0 saturated heterocycles. The molecule has 0 bridgehead atoms. The number of carbonyl (C=O) groups excluding carboxylic acids is 1. The van der Waals surface area contributed by atoms with Gasteiger partial charge >= 0.3 is 0 Å². The zero-order valence-corrected chi connectivity index (χ0v) is 17.2. The maximum absolute atomic E-state index is 12.8. The van der Waals surface area contributed by atoms with Crippen molar-refractivity contribution in [3.05, 3.63) is 59.5 Å². The van der Waals surface area contributed by atoms with E-state index in [4.69, 9.17) is 0 Å². The average Bonchev–Trinajstić information content (AvgIpc) is 2.68. The summed E-state index contributed by atoms with van der Waals surface area (Å²) >= 11 is 0. The van der Waals surface area contributed by atoms with Crippen molar-refractivity contribution in [3.63, 3.8) is 0 Å². The van der Waals surface area contributed by atoms with Gasteiger partial charge in [-0.15, -0.1) is 0 Å². The molecule has 3 aromatic rings. The Morgan fingerprint density at radius 1 is 1.10 bits per heavy atom. The van der Waals surface area contributed by atoms with Crippen LogP contribution in [0.15, 0.2) is 42.6 Å². The molecule has 2 heterocycles. The highest BCUT2D eigenvalue weighted by Crippen LogP contribution is 2.19. The standard InChI is InChI=1S/C22H26N6O/c1-5-8-15(3)24-17-10-11-18(14(2)13-17)21(29)28-22-26-16(4)25-20(27-22)19-9-6-7-12-23-19/h6-7,9-13,15,24H,5,8H2,1-4H3,(H,25,26,27,28,29). The Balaban J connectivity index is 1.77. The number of aryl methyl sites for hydroxylation is 2. The van der Waals surface area contributed by atoms with Crippen LogP contribution in [-0.2, 0) is 0 Å². The molecule has 0 radical (unpaired) electrons. The summed E-state index contributed by atoms with van der Waals surface area (Å²) in [4.78, 5) is 29.9. The second kappa shape index (κ2) is 9.23. The van der Waals surface area contributed by atoms with E-state index in [1.807, 2.05) is 43.3 Å². The molecule has 0 aliphatic carbocycles. The molecular weight excluding hydrogens is 364 g/mol. The van der Waals surface area contributed by atoms with Crippen molar-refractivity contribution in [2.24, 2.45) is 0 Å². The molecule has 1 aromatic carbocycles. The maximum atomic E-state index is 12.8. The molecule has 2 aromatic heterocycles. The average molecular weight is 390 g/mol. The lowest BCUT2D eigenvalue weighted by Gasteiger charge is -2.16. The van der Waals surface area contributed by atoms with Gasteiger partial charge in [-0.1, -0.05) is 19.4 Å². The largest absolute Gasteiger partial charge is 0.383 e. The smallest absolute Gasteiger partial charge is 0.258 e. The van der Waals surface area contributed by atoms with E-state index in [1.165, 1.54) is 0 Å². The molecule has 2 N–H and O–H groups in total. The van der Waals surface area contributed by atoms with Crippen molar-refractivity contribution in [2.45, 2.75) is 46.6 Å². The van der Waals surface area contributed by atoms with Gasteiger partial charge in [0.1, 0.15) is 11.5 Å². The summed E-state index contributed by atoms with van der Waals surface area (Å²) in [5.74, 6) is 0.890. The van der Waals surface area contributed by atoms with Gasteiger partial charge < -0.3 is 5.32 Å². The number of anilines is 2. The van der Waals surface area contributed by atoms with Gasteiger partial charge in [0.2, 0.25) is 5.95 Å². The van der Waals surface area contributed by atoms with Gasteiger partial charge in [0.15, 0.2) is 5.82 Å². The van der Waals surface area contributed by atoms with Gasteiger partial charge in [0.25, 0.3) is 5.91 Å². The Bertz CT molecular complexity index is 990. The number of aromatic nitrogens is 4. The van der Waals surface area contributed by atoms with Crippen LogP contribution >= 0.6 is 0 Å². The molecule has 0 aliphatic rings. The highest BCUT2D eigenvalue weighted by atomic mass is 16.1. The van der Waals surface area contributed by atoms with Gasteiger partial charge in [0, 0.05) is 23.5 Å². The number of nitrogens with zero attached hydrogens (tertiary/aromatic N) is 4. The van der Waals surface area contributed by atoms with Gasteiger partial charge in [0.05, 0.1) is 0 Å². The predicted octanol–water partition coefficient (Wildman–Crippen LogP) is 4.40. The molecular formula is C22H26N6O. The first kappa shape index (κ1) is 20.4. The van der Waals surface area contributed by atoms with Crippen LogP contribution in [0, 0.1) is 13.8 Å². The van der Waals surface area contributed by atoms with Crippen LogP contribution in [0.1, 0.15) is 48.4 Å². The minimum atomic E-state index is -0.256. The summed E-state index contributed by atoms with van der Waals surface area (Å²) in [5.41, 5.74) is 3.10. The fourth-order valence-corrected chi connectivity index (χ4v) is 3.11. The number of benzene rings is 1. The molecule has 3 rings (SSSR count). The number of pyridine rings is 1. The lowest BCUT2D eigenvalue weighted by atomic mass is 10.1. The van der Waals surface area contributed by atoms with E-state index in [-0.39, 0.29) is 11.9 Å². The van der Waals surface area contributed by atoms with Crippen LogP contribution in [0.2, 0.25) is 0 Å². The van der Waals surface area contributed by atoms with Crippen molar-refractivity contribution < 1.29 is 4.79 Å². The number of hydrogen-bond donors (Lipinski definition) is 2. The van der Waals surface area contributed by atoms with Crippen molar-refractivity contribution in [1.29, 1.82) is 0 Å². The van der Waals surface area contributed by atoms with E-state index in [2.05, 4.69) is 44.4 Å². The Hall–Kier alpha value is -3.35. The molecule has 7 heteroatoms. The number of hydrogen-bond acceptors (Lipinski definition) is 6. The SMILES string of the molecule is CCCC(C)Nc1ccc(C(=O)Nc2nc(C)nc(-c3ccccn3)n2)c(C)c1. The van der Waals surface area contributed by atoms with Crippen molar-refractivity contribution in [3.8, 4) is 11.5 Å².